The molecule has 0 bridgehead atoms. The Morgan fingerprint density at radius 2 is 1.81 bits per heavy atom. The molecule has 112 valence electrons. The van der Waals surface area contributed by atoms with Crippen LogP contribution in [-0.2, 0) is 5.41 Å². The first-order valence-electron chi connectivity index (χ1n) is 6.38. The van der Waals surface area contributed by atoms with Crippen molar-refractivity contribution in [3.63, 3.8) is 0 Å². The molecule has 4 N–H and O–H groups in total. The first-order valence-corrected chi connectivity index (χ1v) is 7.17. The van der Waals surface area contributed by atoms with Crippen LogP contribution in [0.1, 0.15) is 26.6 Å². The molecular weight excluding hydrogens is 337 g/mol. The monoisotopic (exact) mass is 353 g/mol. The smallest absolute Gasteiger partial charge is 0.145 e. The van der Waals surface area contributed by atoms with E-state index in [9.17, 15) is 4.39 Å². The zero-order valence-corrected chi connectivity index (χ0v) is 13.6. The van der Waals surface area contributed by atoms with Gasteiger partial charge in [-0.05, 0) is 34.1 Å². The van der Waals surface area contributed by atoms with Crippen LogP contribution in [0.3, 0.4) is 0 Å². The number of hydrogen-bond acceptors (Lipinski definition) is 5. The lowest BCUT2D eigenvalue weighted by molar-refractivity contribution is 0.547. The van der Waals surface area contributed by atoms with Gasteiger partial charge in [-0.2, -0.15) is 0 Å². The largest absolute Gasteiger partial charge is 0.339 e. The molecule has 0 aliphatic heterocycles. The van der Waals surface area contributed by atoms with Gasteiger partial charge in [0.25, 0.3) is 0 Å². The lowest BCUT2D eigenvalue weighted by Crippen LogP contribution is -2.19. The van der Waals surface area contributed by atoms with Gasteiger partial charge in [0.15, 0.2) is 0 Å². The third-order valence-corrected chi connectivity index (χ3v) is 3.43. The highest BCUT2D eigenvalue weighted by atomic mass is 79.9. The number of anilines is 3. The number of benzene rings is 1. The highest BCUT2D eigenvalue weighted by molar-refractivity contribution is 9.10. The van der Waals surface area contributed by atoms with Gasteiger partial charge >= 0.3 is 0 Å². The molecule has 1 heterocycles. The predicted octanol–water partition coefficient (Wildman–Crippen LogP) is 3.70. The van der Waals surface area contributed by atoms with Gasteiger partial charge in [-0.3, -0.25) is 0 Å². The Morgan fingerprint density at radius 3 is 2.43 bits per heavy atom. The van der Waals surface area contributed by atoms with Crippen LogP contribution in [0.2, 0.25) is 0 Å². The molecule has 0 aliphatic carbocycles. The molecule has 0 radical (unpaired) electrons. The summed E-state index contributed by atoms with van der Waals surface area (Å²) in [6.45, 7) is 6.01. The van der Waals surface area contributed by atoms with E-state index in [1.165, 1.54) is 12.1 Å². The summed E-state index contributed by atoms with van der Waals surface area (Å²) in [7, 11) is 0. The van der Waals surface area contributed by atoms with E-state index in [1.807, 2.05) is 20.8 Å². The van der Waals surface area contributed by atoms with Crippen LogP contribution in [-0.4, -0.2) is 9.97 Å². The van der Waals surface area contributed by atoms with Gasteiger partial charge in [0.1, 0.15) is 23.3 Å². The molecule has 21 heavy (non-hydrogen) atoms. The highest BCUT2D eigenvalue weighted by Gasteiger charge is 2.19. The molecule has 1 aromatic carbocycles. The van der Waals surface area contributed by atoms with E-state index in [0.717, 1.165) is 4.47 Å². The van der Waals surface area contributed by atoms with Crippen LogP contribution >= 0.6 is 15.9 Å². The first-order chi connectivity index (χ1) is 9.79. The number of hydrogen-bond donors (Lipinski definition) is 3. The van der Waals surface area contributed by atoms with Crippen LogP contribution in [0, 0.1) is 5.82 Å². The van der Waals surface area contributed by atoms with E-state index in [4.69, 9.17) is 5.84 Å². The Bertz CT molecular complexity index is 654. The summed E-state index contributed by atoms with van der Waals surface area (Å²) in [5.41, 5.74) is 2.86. The van der Waals surface area contributed by atoms with Crippen molar-refractivity contribution in [3.05, 3.63) is 40.4 Å². The quantitative estimate of drug-likeness (QED) is 0.579. The van der Waals surface area contributed by atoms with E-state index in [1.54, 1.807) is 12.1 Å². The van der Waals surface area contributed by atoms with Crippen LogP contribution in [0.25, 0.3) is 0 Å². The predicted molar refractivity (Wildman–Crippen MR) is 85.9 cm³/mol. The molecule has 0 aliphatic rings. The molecule has 0 saturated carbocycles. The van der Waals surface area contributed by atoms with Gasteiger partial charge in [-0.15, -0.1) is 0 Å². The van der Waals surface area contributed by atoms with Crippen LogP contribution in [0.15, 0.2) is 28.7 Å². The van der Waals surface area contributed by atoms with E-state index in [0.29, 0.717) is 23.1 Å². The van der Waals surface area contributed by atoms with E-state index < -0.39 is 0 Å². The molecule has 0 amide bonds. The van der Waals surface area contributed by atoms with Crippen molar-refractivity contribution < 1.29 is 4.39 Å². The van der Waals surface area contributed by atoms with Crippen molar-refractivity contribution in [1.82, 2.24) is 9.97 Å². The van der Waals surface area contributed by atoms with E-state index >= 15 is 0 Å². The molecule has 2 aromatic rings. The Kier molecular flexibility index (Phi) is 4.43. The zero-order chi connectivity index (χ0) is 15.6. The van der Waals surface area contributed by atoms with Gasteiger partial charge in [0, 0.05) is 16.0 Å². The van der Waals surface area contributed by atoms with Gasteiger partial charge in [-0.25, -0.2) is 20.2 Å². The first kappa shape index (κ1) is 15.7. The molecule has 0 saturated heterocycles. The molecule has 0 atom stereocenters. The minimum absolute atomic E-state index is 0.234. The Labute approximate surface area is 131 Å². The summed E-state index contributed by atoms with van der Waals surface area (Å²) >= 11 is 3.37. The van der Waals surface area contributed by atoms with Crippen LogP contribution in [0.5, 0.6) is 0 Å². The molecular formula is C14H17BrFN5. The maximum Gasteiger partial charge on any atom is 0.145 e. The van der Waals surface area contributed by atoms with Crippen molar-refractivity contribution in [2.45, 2.75) is 26.2 Å². The number of nitrogens with two attached hydrogens (primary N) is 1. The van der Waals surface area contributed by atoms with Gasteiger partial charge in [0.05, 0.1) is 5.69 Å². The van der Waals surface area contributed by atoms with Gasteiger partial charge in [0.2, 0.25) is 0 Å². The Balaban J connectivity index is 2.42. The fourth-order valence-corrected chi connectivity index (χ4v) is 2.00. The average Bonchev–Trinajstić information content (AvgIpc) is 2.41. The second-order valence-corrected chi connectivity index (χ2v) is 6.46. The van der Waals surface area contributed by atoms with E-state index in [2.05, 4.69) is 36.6 Å². The molecule has 0 fully saturated rings. The van der Waals surface area contributed by atoms with E-state index in [-0.39, 0.29) is 11.2 Å². The zero-order valence-electron chi connectivity index (χ0n) is 12.0. The number of nitrogens with one attached hydrogen (secondary N) is 2. The standard InChI is InChI=1S/C14H17BrFN5/c1-14(2,3)13-19-11(7-12(20-13)21-17)18-10-6-8(16)4-5-9(10)15/h4-7H,17H2,1-3H3,(H2,18,19,20,21). The van der Waals surface area contributed by atoms with Crippen LogP contribution in [0.4, 0.5) is 21.7 Å². The summed E-state index contributed by atoms with van der Waals surface area (Å²) in [6, 6.07) is 6.05. The summed E-state index contributed by atoms with van der Waals surface area (Å²) in [4.78, 5) is 8.79. The number of rotatable bonds is 3. The number of hydrazine groups is 1. The third-order valence-electron chi connectivity index (χ3n) is 2.74. The van der Waals surface area contributed by atoms with Gasteiger partial charge < -0.3 is 10.7 Å². The minimum atomic E-state index is -0.331. The fraction of sp³-hybridized carbons (Fsp3) is 0.286. The molecule has 2 rings (SSSR count). The summed E-state index contributed by atoms with van der Waals surface area (Å²) in [5, 5.41) is 3.07. The number of halogens is 2. The molecule has 0 spiro atoms. The lowest BCUT2D eigenvalue weighted by atomic mass is 9.96. The topological polar surface area (TPSA) is 75.9 Å². The van der Waals surface area contributed by atoms with Crippen molar-refractivity contribution in [3.8, 4) is 0 Å². The Hall–Kier alpha value is -1.73. The minimum Gasteiger partial charge on any atom is -0.339 e. The molecule has 0 unspecified atom stereocenters. The summed E-state index contributed by atoms with van der Waals surface area (Å²) in [6.07, 6.45) is 0. The molecule has 1 aromatic heterocycles. The third kappa shape index (κ3) is 3.89. The van der Waals surface area contributed by atoms with Crippen LogP contribution < -0.4 is 16.6 Å². The normalized spacial score (nSPS) is 11.3. The Morgan fingerprint density at radius 1 is 1.14 bits per heavy atom. The summed E-state index contributed by atoms with van der Waals surface area (Å²) < 4.78 is 14.1. The maximum atomic E-state index is 13.3. The SMILES string of the molecule is CC(C)(C)c1nc(NN)cc(Nc2cc(F)ccc2Br)n1. The van der Waals surface area contributed by atoms with Crippen molar-refractivity contribution in [2.75, 3.05) is 10.7 Å². The number of nitrogens with zero attached hydrogens (tertiary/aromatic N) is 2. The lowest BCUT2D eigenvalue weighted by Gasteiger charge is -2.19. The van der Waals surface area contributed by atoms with Crippen molar-refractivity contribution in [2.24, 2.45) is 5.84 Å². The van der Waals surface area contributed by atoms with Crippen molar-refractivity contribution in [1.29, 1.82) is 0 Å². The highest BCUT2D eigenvalue weighted by Crippen LogP contribution is 2.28. The second-order valence-electron chi connectivity index (χ2n) is 5.61. The second kappa shape index (κ2) is 5.95. The number of nitrogen functional groups attached to an aromatic ring is 1. The maximum absolute atomic E-state index is 13.3. The fourth-order valence-electron chi connectivity index (χ4n) is 1.65. The van der Waals surface area contributed by atoms with Gasteiger partial charge in [-0.1, -0.05) is 20.8 Å². The van der Waals surface area contributed by atoms with Crippen molar-refractivity contribution >= 4 is 33.3 Å². The summed E-state index contributed by atoms with van der Waals surface area (Å²) in [5.74, 6) is 6.77. The molecule has 7 heteroatoms. The average molecular weight is 354 g/mol. The molecule has 5 nitrogen and oxygen atoms in total. The number of aromatic nitrogens is 2.